The molecule has 4 aromatic rings. The molecule has 0 bridgehead atoms. The number of fused-ring (bicyclic) bond motifs is 1. The molecular weight excluding hydrogens is 520 g/mol. The van der Waals surface area contributed by atoms with Crippen molar-refractivity contribution in [3.8, 4) is 28.8 Å². The van der Waals surface area contributed by atoms with Gasteiger partial charge in [-0.1, -0.05) is 36.2 Å². The molecule has 1 saturated carbocycles. The Morgan fingerprint density at radius 1 is 1.21 bits per heavy atom. The highest BCUT2D eigenvalue weighted by Gasteiger charge is 2.41. The molecule has 0 spiro atoms. The second-order valence-corrected chi connectivity index (χ2v) is 10.7. The van der Waals surface area contributed by atoms with Crippen LogP contribution in [0.25, 0.3) is 22.6 Å². The SMILES string of the molecule is COc1ccc(C)cc1Cn1c(-c2ccc(OCC[C@H](C)C(=O)O)cc2Cl)nc2c(OC3(C)CC3)ncnc21. The predicted octanol–water partition coefficient (Wildman–Crippen LogP) is 5.93. The number of rotatable bonds is 11. The van der Waals surface area contributed by atoms with Crippen LogP contribution in [0.3, 0.4) is 0 Å². The van der Waals surface area contributed by atoms with Crippen LogP contribution >= 0.6 is 11.6 Å². The summed E-state index contributed by atoms with van der Waals surface area (Å²) in [6, 6.07) is 11.4. The van der Waals surface area contributed by atoms with Crippen LogP contribution in [0.5, 0.6) is 17.4 Å². The molecule has 2 aromatic carbocycles. The fourth-order valence-corrected chi connectivity index (χ4v) is 4.56. The molecule has 1 fully saturated rings. The first-order valence-corrected chi connectivity index (χ1v) is 13.2. The van der Waals surface area contributed by atoms with Gasteiger partial charge in [0, 0.05) is 11.1 Å². The highest BCUT2D eigenvalue weighted by Crippen LogP contribution is 2.41. The van der Waals surface area contributed by atoms with Gasteiger partial charge in [0.25, 0.3) is 0 Å². The van der Waals surface area contributed by atoms with E-state index in [4.69, 9.17) is 35.9 Å². The Morgan fingerprint density at radius 2 is 2.00 bits per heavy atom. The predicted molar refractivity (Wildman–Crippen MR) is 148 cm³/mol. The Bertz CT molecular complexity index is 1530. The van der Waals surface area contributed by atoms with Crippen LogP contribution in [0.15, 0.2) is 42.7 Å². The molecule has 2 aromatic heterocycles. The first-order valence-electron chi connectivity index (χ1n) is 12.9. The standard InChI is InChI=1S/C29H31ClN4O5/c1-17-5-8-23(37-4)19(13-17)15-34-25(33-24-26(34)31-16-32-27(24)39-29(3)10-11-29)21-7-6-20(14-22(21)30)38-12-9-18(2)28(35)36/h5-8,13-14,16,18H,9-12,15H2,1-4H3,(H,35,36)/t18-/m0/s1. The second-order valence-electron chi connectivity index (χ2n) is 10.3. The lowest BCUT2D eigenvalue weighted by Gasteiger charge is -2.14. The fraction of sp³-hybridized carbons (Fsp3) is 0.379. The number of aromatic nitrogens is 4. The van der Waals surface area contributed by atoms with Gasteiger partial charge in [0.15, 0.2) is 11.2 Å². The molecular formula is C29H31ClN4O5. The van der Waals surface area contributed by atoms with E-state index in [2.05, 4.69) is 23.0 Å². The van der Waals surface area contributed by atoms with Crippen LogP contribution in [0, 0.1) is 12.8 Å². The number of ether oxygens (including phenoxy) is 3. The van der Waals surface area contributed by atoms with Gasteiger partial charge in [-0.05, 0) is 57.4 Å². The number of aryl methyl sites for hydroxylation is 1. The van der Waals surface area contributed by atoms with E-state index in [-0.39, 0.29) is 12.2 Å². The summed E-state index contributed by atoms with van der Waals surface area (Å²) in [4.78, 5) is 25.0. The zero-order valence-corrected chi connectivity index (χ0v) is 23.2. The third-order valence-electron chi connectivity index (χ3n) is 6.98. The number of nitrogens with zero attached hydrogens (tertiary/aromatic N) is 4. The summed E-state index contributed by atoms with van der Waals surface area (Å²) >= 11 is 6.78. The van der Waals surface area contributed by atoms with Gasteiger partial charge < -0.3 is 23.9 Å². The van der Waals surface area contributed by atoms with Crippen molar-refractivity contribution in [2.24, 2.45) is 5.92 Å². The summed E-state index contributed by atoms with van der Waals surface area (Å²) < 4.78 is 19.6. The Balaban J connectivity index is 1.55. The molecule has 204 valence electrons. The zero-order valence-electron chi connectivity index (χ0n) is 22.4. The third-order valence-corrected chi connectivity index (χ3v) is 7.30. The van der Waals surface area contributed by atoms with Gasteiger partial charge in [-0.15, -0.1) is 0 Å². The van der Waals surface area contributed by atoms with Crippen molar-refractivity contribution in [2.45, 2.75) is 52.2 Å². The van der Waals surface area contributed by atoms with Crippen LogP contribution in [0.4, 0.5) is 0 Å². The number of imidazole rings is 1. The number of hydrogen-bond donors (Lipinski definition) is 1. The van der Waals surface area contributed by atoms with E-state index in [9.17, 15) is 4.79 Å². The van der Waals surface area contributed by atoms with Gasteiger partial charge in [-0.2, -0.15) is 4.98 Å². The monoisotopic (exact) mass is 550 g/mol. The highest BCUT2D eigenvalue weighted by atomic mass is 35.5. The van der Waals surface area contributed by atoms with Crippen molar-refractivity contribution in [3.63, 3.8) is 0 Å². The maximum absolute atomic E-state index is 11.1. The number of methoxy groups -OCH3 is 1. The molecule has 0 radical (unpaired) electrons. The Labute approximate surface area is 231 Å². The number of aliphatic carboxylic acids is 1. The minimum atomic E-state index is -0.849. The maximum atomic E-state index is 11.1. The van der Waals surface area contributed by atoms with Gasteiger partial charge >= 0.3 is 5.97 Å². The normalized spacial score (nSPS) is 14.7. The van der Waals surface area contributed by atoms with E-state index in [1.807, 2.05) is 29.7 Å². The van der Waals surface area contributed by atoms with E-state index in [0.29, 0.717) is 52.2 Å². The van der Waals surface area contributed by atoms with Gasteiger partial charge in [0.05, 0.1) is 31.2 Å². The summed E-state index contributed by atoms with van der Waals surface area (Å²) in [7, 11) is 1.65. The number of halogens is 1. The second kappa shape index (κ2) is 10.7. The molecule has 1 N–H and O–H groups in total. The largest absolute Gasteiger partial charge is 0.496 e. The van der Waals surface area contributed by atoms with E-state index < -0.39 is 11.9 Å². The van der Waals surface area contributed by atoms with Crippen molar-refractivity contribution in [3.05, 3.63) is 58.9 Å². The lowest BCUT2D eigenvalue weighted by atomic mass is 10.1. The lowest BCUT2D eigenvalue weighted by Crippen LogP contribution is -2.13. The molecule has 5 rings (SSSR count). The summed E-state index contributed by atoms with van der Waals surface area (Å²) in [5, 5.41) is 9.54. The number of carboxylic acid groups (broad SMARTS) is 1. The van der Waals surface area contributed by atoms with Crippen molar-refractivity contribution < 1.29 is 24.1 Å². The summed E-state index contributed by atoms with van der Waals surface area (Å²) in [6.07, 6.45) is 3.81. The summed E-state index contributed by atoms with van der Waals surface area (Å²) in [5.74, 6) is 1.02. The first-order chi connectivity index (χ1) is 18.7. The van der Waals surface area contributed by atoms with E-state index in [1.54, 1.807) is 26.2 Å². The molecule has 2 heterocycles. The topological polar surface area (TPSA) is 109 Å². The molecule has 0 unspecified atom stereocenters. The van der Waals surface area contributed by atoms with E-state index in [0.717, 1.165) is 29.7 Å². The molecule has 9 nitrogen and oxygen atoms in total. The van der Waals surface area contributed by atoms with Crippen LogP contribution in [-0.4, -0.2) is 49.9 Å². The Kier molecular flexibility index (Phi) is 7.36. The molecule has 1 aliphatic carbocycles. The molecule has 0 aliphatic heterocycles. The van der Waals surface area contributed by atoms with E-state index in [1.165, 1.54) is 6.33 Å². The van der Waals surface area contributed by atoms with Crippen molar-refractivity contribution >= 4 is 28.7 Å². The average molecular weight is 551 g/mol. The molecule has 1 atom stereocenters. The van der Waals surface area contributed by atoms with Crippen molar-refractivity contribution in [2.75, 3.05) is 13.7 Å². The summed E-state index contributed by atoms with van der Waals surface area (Å²) in [5.41, 5.74) is 3.72. The Hall–Kier alpha value is -3.85. The van der Waals surface area contributed by atoms with Crippen LogP contribution < -0.4 is 14.2 Å². The molecule has 0 saturated heterocycles. The molecule has 1 aliphatic rings. The van der Waals surface area contributed by atoms with E-state index >= 15 is 0 Å². The number of benzene rings is 2. The molecule has 39 heavy (non-hydrogen) atoms. The van der Waals surface area contributed by atoms with Gasteiger partial charge in [-0.3, -0.25) is 4.79 Å². The maximum Gasteiger partial charge on any atom is 0.306 e. The zero-order chi connectivity index (χ0) is 27.7. The minimum absolute atomic E-state index is 0.236. The Morgan fingerprint density at radius 3 is 2.69 bits per heavy atom. The number of carbonyl (C=O) groups is 1. The first kappa shape index (κ1) is 26.7. The van der Waals surface area contributed by atoms with Gasteiger partial charge in [0.2, 0.25) is 5.88 Å². The quantitative estimate of drug-likeness (QED) is 0.245. The molecule has 0 amide bonds. The van der Waals surface area contributed by atoms with Crippen LogP contribution in [0.1, 0.15) is 44.2 Å². The van der Waals surface area contributed by atoms with Crippen molar-refractivity contribution in [1.82, 2.24) is 19.5 Å². The average Bonchev–Trinajstić information content (AvgIpc) is 3.52. The summed E-state index contributed by atoms with van der Waals surface area (Å²) in [6.45, 7) is 6.45. The lowest BCUT2D eigenvalue weighted by molar-refractivity contribution is -0.141. The van der Waals surface area contributed by atoms with Crippen molar-refractivity contribution in [1.29, 1.82) is 0 Å². The smallest absolute Gasteiger partial charge is 0.306 e. The fourth-order valence-electron chi connectivity index (χ4n) is 4.30. The third kappa shape index (κ3) is 5.78. The highest BCUT2D eigenvalue weighted by molar-refractivity contribution is 6.33. The van der Waals surface area contributed by atoms with Crippen LogP contribution in [0.2, 0.25) is 5.02 Å². The van der Waals surface area contributed by atoms with Crippen LogP contribution in [-0.2, 0) is 11.3 Å². The van der Waals surface area contributed by atoms with Gasteiger partial charge in [-0.25, -0.2) is 9.97 Å². The number of carboxylic acids is 1. The van der Waals surface area contributed by atoms with Gasteiger partial charge in [0.1, 0.15) is 29.3 Å². The molecule has 10 heteroatoms. The number of hydrogen-bond acceptors (Lipinski definition) is 7. The minimum Gasteiger partial charge on any atom is -0.496 e.